The minimum absolute atomic E-state index is 0.551. The van der Waals surface area contributed by atoms with Gasteiger partial charge in [0.25, 0.3) is 0 Å². The third-order valence-corrected chi connectivity index (χ3v) is 2.21. The quantitative estimate of drug-likeness (QED) is 0.570. The third kappa shape index (κ3) is 4.52. The lowest BCUT2D eigenvalue weighted by atomic mass is 10.3. The largest absolute Gasteiger partial charge is 0.476 e. The molecule has 0 aliphatic carbocycles. The number of carboxylic acid groups (broad SMARTS) is 4. The Labute approximate surface area is 132 Å². The van der Waals surface area contributed by atoms with Crippen LogP contribution in [0.2, 0.25) is 0 Å². The Balaban J connectivity index is 0.000000240. The topological polar surface area (TPSA) is 201 Å². The smallest absolute Gasteiger partial charge is 0.357 e. The number of hydrogen-bond donors (Lipinski definition) is 4. The Hall–Kier alpha value is -3.96. The van der Waals surface area contributed by atoms with Crippen molar-refractivity contribution in [2.45, 2.75) is 0 Å². The maximum absolute atomic E-state index is 10.4. The second kappa shape index (κ2) is 7.88. The maximum Gasteiger partial charge on any atom is 0.357 e. The molecule has 2 aromatic heterocycles. The van der Waals surface area contributed by atoms with E-state index < -0.39 is 46.7 Å². The average Bonchev–Trinajstić information content (AvgIpc) is 2.55. The molecule has 0 saturated heterocycles. The fraction of sp³-hybridized carbons (Fsp3) is 0. The third-order valence-electron chi connectivity index (χ3n) is 2.21. The van der Waals surface area contributed by atoms with Crippen molar-refractivity contribution in [3.63, 3.8) is 0 Å². The van der Waals surface area contributed by atoms with Gasteiger partial charge in [0, 0.05) is 24.8 Å². The summed E-state index contributed by atoms with van der Waals surface area (Å²) in [6.07, 6.45) is 4.48. The number of carbonyl (C=O) groups is 4. The summed E-state index contributed by atoms with van der Waals surface area (Å²) in [6.45, 7) is 0. The van der Waals surface area contributed by atoms with Gasteiger partial charge < -0.3 is 20.4 Å². The van der Waals surface area contributed by atoms with Crippen LogP contribution < -0.4 is 0 Å². The van der Waals surface area contributed by atoms with E-state index in [0.29, 0.717) is 0 Å². The van der Waals surface area contributed by atoms with Crippen LogP contribution in [0.25, 0.3) is 0 Å². The van der Waals surface area contributed by atoms with Gasteiger partial charge in [0.2, 0.25) is 0 Å². The second-order valence-electron chi connectivity index (χ2n) is 3.73. The lowest BCUT2D eigenvalue weighted by Crippen LogP contribution is -2.12. The molecule has 24 heavy (non-hydrogen) atoms. The van der Waals surface area contributed by atoms with Gasteiger partial charge in [-0.25, -0.2) is 39.1 Å². The highest BCUT2D eigenvalue weighted by Crippen LogP contribution is 2.01. The van der Waals surface area contributed by atoms with E-state index in [9.17, 15) is 19.2 Å². The Morgan fingerprint density at radius 1 is 0.500 bits per heavy atom. The Morgan fingerprint density at radius 3 is 0.792 bits per heavy atom. The zero-order valence-electron chi connectivity index (χ0n) is 11.5. The molecule has 0 amide bonds. The fourth-order valence-corrected chi connectivity index (χ4v) is 1.30. The first-order valence-electron chi connectivity index (χ1n) is 5.80. The van der Waals surface area contributed by atoms with Crippen LogP contribution in [0.1, 0.15) is 42.0 Å². The first-order valence-corrected chi connectivity index (χ1v) is 5.80. The molecule has 0 aliphatic heterocycles. The standard InChI is InChI=1S/2C6H4N2O4/c2*9-5(10)3-4(6(11)12)8-2-1-7-3/h2*1-2H,(H,9,10)(H,11,12). The van der Waals surface area contributed by atoms with Gasteiger partial charge >= 0.3 is 23.9 Å². The molecule has 0 spiro atoms. The number of carboxylic acids is 4. The first kappa shape index (κ1) is 18.1. The molecular formula is C12H8N4O8. The van der Waals surface area contributed by atoms with Gasteiger partial charge in [0.15, 0.2) is 22.8 Å². The van der Waals surface area contributed by atoms with E-state index in [1.54, 1.807) is 0 Å². The van der Waals surface area contributed by atoms with Crippen molar-refractivity contribution in [1.29, 1.82) is 0 Å². The fourth-order valence-electron chi connectivity index (χ4n) is 1.30. The van der Waals surface area contributed by atoms with Gasteiger partial charge in [-0.05, 0) is 0 Å². The summed E-state index contributed by atoms with van der Waals surface area (Å²) in [5.74, 6) is -5.61. The van der Waals surface area contributed by atoms with Gasteiger partial charge in [0.05, 0.1) is 0 Å². The normalized spacial score (nSPS) is 9.33. The van der Waals surface area contributed by atoms with Crippen LogP contribution in [0.3, 0.4) is 0 Å². The second-order valence-corrected chi connectivity index (χ2v) is 3.73. The zero-order chi connectivity index (χ0) is 18.3. The highest BCUT2D eigenvalue weighted by Gasteiger charge is 2.18. The number of nitrogens with zero attached hydrogens (tertiary/aromatic N) is 4. The van der Waals surface area contributed by atoms with Crippen LogP contribution in [0, 0.1) is 0 Å². The van der Waals surface area contributed by atoms with E-state index in [0.717, 1.165) is 24.8 Å². The van der Waals surface area contributed by atoms with E-state index in [2.05, 4.69) is 19.9 Å². The molecule has 0 bridgehead atoms. The summed E-state index contributed by atoms with van der Waals surface area (Å²) in [5.41, 5.74) is -2.20. The predicted molar refractivity (Wildman–Crippen MR) is 71.9 cm³/mol. The van der Waals surface area contributed by atoms with Crippen LogP contribution in [0.5, 0.6) is 0 Å². The molecule has 4 N–H and O–H groups in total. The summed E-state index contributed by atoms with van der Waals surface area (Å²) in [6, 6.07) is 0. The number of hydrogen-bond acceptors (Lipinski definition) is 8. The van der Waals surface area contributed by atoms with Crippen molar-refractivity contribution in [3.05, 3.63) is 47.6 Å². The number of aromatic nitrogens is 4. The van der Waals surface area contributed by atoms with Crippen molar-refractivity contribution < 1.29 is 39.6 Å². The predicted octanol–water partition coefficient (Wildman–Crippen LogP) is -0.254. The lowest BCUT2D eigenvalue weighted by molar-refractivity contribution is 0.0641. The maximum atomic E-state index is 10.4. The van der Waals surface area contributed by atoms with Crippen molar-refractivity contribution in [2.75, 3.05) is 0 Å². The molecule has 2 heterocycles. The van der Waals surface area contributed by atoms with Gasteiger partial charge in [-0.3, -0.25) is 0 Å². The minimum atomic E-state index is -1.40. The van der Waals surface area contributed by atoms with Gasteiger partial charge in [-0.1, -0.05) is 0 Å². The Morgan fingerprint density at radius 2 is 0.667 bits per heavy atom. The molecule has 0 aromatic carbocycles. The van der Waals surface area contributed by atoms with E-state index >= 15 is 0 Å². The Kier molecular flexibility index (Phi) is 5.94. The van der Waals surface area contributed by atoms with Crippen molar-refractivity contribution in [2.24, 2.45) is 0 Å². The molecular weight excluding hydrogens is 328 g/mol. The van der Waals surface area contributed by atoms with Crippen molar-refractivity contribution in [1.82, 2.24) is 19.9 Å². The molecule has 2 rings (SSSR count). The molecule has 0 aliphatic rings. The summed E-state index contributed by atoms with van der Waals surface area (Å²) in [4.78, 5) is 54.9. The van der Waals surface area contributed by atoms with E-state index in [1.807, 2.05) is 0 Å². The lowest BCUT2D eigenvalue weighted by Gasteiger charge is -1.96. The van der Waals surface area contributed by atoms with Crippen molar-refractivity contribution in [3.8, 4) is 0 Å². The summed E-state index contributed by atoms with van der Waals surface area (Å²) in [5, 5.41) is 33.8. The number of rotatable bonds is 4. The molecule has 12 heteroatoms. The molecule has 12 nitrogen and oxygen atoms in total. The van der Waals surface area contributed by atoms with Crippen LogP contribution in [-0.2, 0) is 0 Å². The molecule has 0 saturated carbocycles. The molecule has 2 aromatic rings. The highest BCUT2D eigenvalue weighted by molar-refractivity contribution is 5.99. The highest BCUT2D eigenvalue weighted by atomic mass is 16.4. The van der Waals surface area contributed by atoms with Crippen LogP contribution in [-0.4, -0.2) is 64.2 Å². The molecule has 0 fully saturated rings. The first-order chi connectivity index (χ1) is 11.3. The molecule has 0 radical (unpaired) electrons. The van der Waals surface area contributed by atoms with Gasteiger partial charge in [-0.2, -0.15) is 0 Å². The summed E-state index contributed by atoms with van der Waals surface area (Å²) < 4.78 is 0. The monoisotopic (exact) mass is 336 g/mol. The SMILES string of the molecule is O=C(O)c1nccnc1C(=O)O.O=C(O)c1nccnc1C(=O)O. The van der Waals surface area contributed by atoms with Crippen LogP contribution >= 0.6 is 0 Å². The van der Waals surface area contributed by atoms with E-state index in [-0.39, 0.29) is 0 Å². The minimum Gasteiger partial charge on any atom is -0.476 e. The molecule has 124 valence electrons. The van der Waals surface area contributed by atoms with E-state index in [1.165, 1.54) is 0 Å². The van der Waals surface area contributed by atoms with Crippen LogP contribution in [0.4, 0.5) is 0 Å². The van der Waals surface area contributed by atoms with Gasteiger partial charge in [0.1, 0.15) is 0 Å². The van der Waals surface area contributed by atoms with E-state index in [4.69, 9.17) is 20.4 Å². The summed E-state index contributed by atoms with van der Waals surface area (Å²) >= 11 is 0. The van der Waals surface area contributed by atoms with Crippen molar-refractivity contribution >= 4 is 23.9 Å². The average molecular weight is 336 g/mol. The summed E-state index contributed by atoms with van der Waals surface area (Å²) in [7, 11) is 0. The van der Waals surface area contributed by atoms with Gasteiger partial charge in [-0.15, -0.1) is 0 Å². The molecule has 0 atom stereocenters. The molecule has 0 unspecified atom stereocenters. The number of aromatic carboxylic acids is 4. The Bertz CT molecular complexity index is 674. The van der Waals surface area contributed by atoms with Crippen LogP contribution in [0.15, 0.2) is 24.8 Å². The zero-order valence-corrected chi connectivity index (χ0v) is 11.5.